The minimum Gasteiger partial charge on any atom is -0.481 e. The van der Waals surface area contributed by atoms with Crippen LogP contribution in [-0.2, 0) is 11.2 Å². The SMILES string of the molecule is O=C(O)CCc1sc(-c2cccnc2)nc1Br. The molecule has 0 spiro atoms. The Morgan fingerprint density at radius 2 is 2.35 bits per heavy atom. The molecule has 88 valence electrons. The van der Waals surface area contributed by atoms with Gasteiger partial charge in [0.15, 0.2) is 0 Å². The Kier molecular flexibility index (Phi) is 3.86. The summed E-state index contributed by atoms with van der Waals surface area (Å²) < 4.78 is 0.725. The molecular weight excluding hydrogens is 304 g/mol. The molecule has 0 atom stereocenters. The first-order chi connectivity index (χ1) is 8.16. The summed E-state index contributed by atoms with van der Waals surface area (Å²) in [6.07, 6.45) is 4.06. The van der Waals surface area contributed by atoms with E-state index in [2.05, 4.69) is 25.9 Å². The number of carboxylic acids is 1. The normalized spacial score (nSPS) is 10.4. The van der Waals surface area contributed by atoms with E-state index in [-0.39, 0.29) is 6.42 Å². The van der Waals surface area contributed by atoms with Gasteiger partial charge < -0.3 is 5.11 Å². The number of thiazole rings is 1. The first-order valence-electron chi connectivity index (χ1n) is 4.94. The number of halogens is 1. The van der Waals surface area contributed by atoms with Gasteiger partial charge in [0, 0.05) is 22.8 Å². The summed E-state index contributed by atoms with van der Waals surface area (Å²) in [6.45, 7) is 0. The van der Waals surface area contributed by atoms with Gasteiger partial charge in [-0.05, 0) is 34.5 Å². The number of aliphatic carboxylic acids is 1. The lowest BCUT2D eigenvalue weighted by molar-refractivity contribution is -0.136. The third kappa shape index (κ3) is 3.10. The van der Waals surface area contributed by atoms with Gasteiger partial charge >= 0.3 is 5.97 Å². The number of nitrogens with zero attached hydrogens (tertiary/aromatic N) is 2. The smallest absolute Gasteiger partial charge is 0.303 e. The molecule has 0 fully saturated rings. The van der Waals surface area contributed by atoms with Gasteiger partial charge in [0.25, 0.3) is 0 Å². The zero-order chi connectivity index (χ0) is 12.3. The molecular formula is C11H9BrN2O2S. The largest absolute Gasteiger partial charge is 0.481 e. The molecule has 0 aromatic carbocycles. The van der Waals surface area contributed by atoms with Crippen LogP contribution in [0.25, 0.3) is 10.6 Å². The Labute approximate surface area is 110 Å². The summed E-state index contributed by atoms with van der Waals surface area (Å²) in [4.78, 5) is 19.9. The molecule has 0 saturated carbocycles. The second-order valence-corrected chi connectivity index (χ2v) is 5.20. The van der Waals surface area contributed by atoms with Crippen molar-refractivity contribution in [3.8, 4) is 10.6 Å². The number of aryl methyl sites for hydroxylation is 1. The van der Waals surface area contributed by atoms with E-state index in [0.717, 1.165) is 20.1 Å². The summed E-state index contributed by atoms with van der Waals surface area (Å²) in [5.41, 5.74) is 0.944. The zero-order valence-corrected chi connectivity index (χ0v) is 11.2. The van der Waals surface area contributed by atoms with E-state index in [1.807, 2.05) is 12.1 Å². The van der Waals surface area contributed by atoms with E-state index < -0.39 is 5.97 Å². The third-order valence-electron chi connectivity index (χ3n) is 2.12. The maximum atomic E-state index is 10.5. The number of rotatable bonds is 4. The number of hydrogen-bond acceptors (Lipinski definition) is 4. The molecule has 0 unspecified atom stereocenters. The molecule has 0 bridgehead atoms. The maximum Gasteiger partial charge on any atom is 0.303 e. The van der Waals surface area contributed by atoms with Crippen molar-refractivity contribution in [3.05, 3.63) is 34.0 Å². The maximum absolute atomic E-state index is 10.5. The van der Waals surface area contributed by atoms with Gasteiger partial charge in [0.2, 0.25) is 0 Å². The monoisotopic (exact) mass is 312 g/mol. The standard InChI is InChI=1S/C11H9BrN2O2S/c12-10-8(3-4-9(15)16)17-11(14-10)7-2-1-5-13-6-7/h1-2,5-6H,3-4H2,(H,15,16). The molecule has 4 nitrogen and oxygen atoms in total. The highest BCUT2D eigenvalue weighted by Crippen LogP contribution is 2.31. The summed E-state index contributed by atoms with van der Waals surface area (Å²) in [6, 6.07) is 3.78. The van der Waals surface area contributed by atoms with E-state index in [9.17, 15) is 4.79 Å². The minimum absolute atomic E-state index is 0.118. The minimum atomic E-state index is -0.798. The summed E-state index contributed by atoms with van der Waals surface area (Å²) in [5, 5.41) is 9.50. The topological polar surface area (TPSA) is 63.1 Å². The van der Waals surface area contributed by atoms with E-state index in [1.54, 1.807) is 12.4 Å². The average molecular weight is 313 g/mol. The number of hydrogen-bond donors (Lipinski definition) is 1. The molecule has 0 radical (unpaired) electrons. The van der Waals surface area contributed by atoms with Crippen molar-refractivity contribution in [2.75, 3.05) is 0 Å². The van der Waals surface area contributed by atoms with Crippen LogP contribution in [0.15, 0.2) is 29.1 Å². The predicted octanol–water partition coefficient (Wildman–Crippen LogP) is 2.98. The Morgan fingerprint density at radius 1 is 1.53 bits per heavy atom. The summed E-state index contributed by atoms with van der Waals surface area (Å²) in [5.74, 6) is -0.798. The van der Waals surface area contributed by atoms with Crippen LogP contribution in [0.3, 0.4) is 0 Å². The van der Waals surface area contributed by atoms with Crippen molar-refractivity contribution in [1.29, 1.82) is 0 Å². The van der Waals surface area contributed by atoms with Gasteiger partial charge in [-0.15, -0.1) is 11.3 Å². The molecule has 6 heteroatoms. The van der Waals surface area contributed by atoms with Gasteiger partial charge in [-0.25, -0.2) is 4.98 Å². The van der Waals surface area contributed by atoms with Crippen molar-refractivity contribution in [2.24, 2.45) is 0 Å². The van der Waals surface area contributed by atoms with E-state index in [1.165, 1.54) is 11.3 Å². The highest BCUT2D eigenvalue weighted by atomic mass is 79.9. The molecule has 2 aromatic rings. The lowest BCUT2D eigenvalue weighted by atomic mass is 10.3. The third-order valence-corrected chi connectivity index (χ3v) is 4.21. The lowest BCUT2D eigenvalue weighted by Gasteiger charge is -1.93. The van der Waals surface area contributed by atoms with Crippen LogP contribution >= 0.6 is 27.3 Å². The summed E-state index contributed by atoms with van der Waals surface area (Å²) in [7, 11) is 0. The van der Waals surface area contributed by atoms with Crippen molar-refractivity contribution in [1.82, 2.24) is 9.97 Å². The van der Waals surface area contributed by atoms with E-state index >= 15 is 0 Å². The molecule has 2 rings (SSSR count). The first kappa shape index (κ1) is 12.2. The summed E-state index contributed by atoms with van der Waals surface area (Å²) >= 11 is 4.84. The van der Waals surface area contributed by atoms with E-state index in [0.29, 0.717) is 6.42 Å². The Bertz CT molecular complexity index is 528. The van der Waals surface area contributed by atoms with Crippen molar-refractivity contribution >= 4 is 33.2 Å². The van der Waals surface area contributed by atoms with Crippen LogP contribution in [0.1, 0.15) is 11.3 Å². The molecule has 17 heavy (non-hydrogen) atoms. The Balaban J connectivity index is 2.22. The van der Waals surface area contributed by atoms with Gasteiger partial charge in [-0.1, -0.05) is 0 Å². The average Bonchev–Trinajstić information content (AvgIpc) is 2.69. The Hall–Kier alpha value is -1.27. The molecule has 0 aliphatic rings. The predicted molar refractivity (Wildman–Crippen MR) is 69.0 cm³/mol. The van der Waals surface area contributed by atoms with Crippen LogP contribution in [0.2, 0.25) is 0 Å². The van der Waals surface area contributed by atoms with Gasteiger partial charge in [-0.3, -0.25) is 9.78 Å². The van der Waals surface area contributed by atoms with Crippen LogP contribution in [0, 0.1) is 0 Å². The fourth-order valence-corrected chi connectivity index (χ4v) is 3.00. The van der Waals surface area contributed by atoms with Gasteiger partial charge in [-0.2, -0.15) is 0 Å². The lowest BCUT2D eigenvalue weighted by Crippen LogP contribution is -1.96. The van der Waals surface area contributed by atoms with E-state index in [4.69, 9.17) is 5.11 Å². The molecule has 2 heterocycles. The number of carbonyl (C=O) groups is 1. The Morgan fingerprint density at radius 3 is 3.00 bits per heavy atom. The van der Waals surface area contributed by atoms with Crippen molar-refractivity contribution < 1.29 is 9.90 Å². The molecule has 1 N–H and O–H groups in total. The van der Waals surface area contributed by atoms with Crippen LogP contribution in [0.5, 0.6) is 0 Å². The molecule has 0 amide bonds. The van der Waals surface area contributed by atoms with Crippen molar-refractivity contribution in [3.63, 3.8) is 0 Å². The zero-order valence-electron chi connectivity index (χ0n) is 8.76. The highest BCUT2D eigenvalue weighted by molar-refractivity contribution is 9.10. The first-order valence-corrected chi connectivity index (χ1v) is 6.55. The quantitative estimate of drug-likeness (QED) is 0.942. The number of carboxylic acid groups (broad SMARTS) is 1. The molecule has 0 aliphatic heterocycles. The van der Waals surface area contributed by atoms with Crippen molar-refractivity contribution in [2.45, 2.75) is 12.8 Å². The fraction of sp³-hybridized carbons (Fsp3) is 0.182. The molecule has 0 saturated heterocycles. The van der Waals surface area contributed by atoms with Crippen LogP contribution in [0.4, 0.5) is 0 Å². The second kappa shape index (κ2) is 5.37. The number of aromatic nitrogens is 2. The number of pyridine rings is 1. The van der Waals surface area contributed by atoms with Crippen LogP contribution in [-0.4, -0.2) is 21.0 Å². The van der Waals surface area contributed by atoms with Gasteiger partial charge in [0.1, 0.15) is 9.61 Å². The highest BCUT2D eigenvalue weighted by Gasteiger charge is 2.11. The molecule has 2 aromatic heterocycles. The van der Waals surface area contributed by atoms with Gasteiger partial charge in [0.05, 0.1) is 6.42 Å². The second-order valence-electron chi connectivity index (χ2n) is 3.37. The fourth-order valence-electron chi connectivity index (χ4n) is 1.32. The van der Waals surface area contributed by atoms with Crippen LogP contribution < -0.4 is 0 Å². The molecule has 0 aliphatic carbocycles.